The van der Waals surface area contributed by atoms with Crippen LogP contribution >= 0.6 is 0 Å². The molecule has 0 spiro atoms. The fourth-order valence-corrected chi connectivity index (χ4v) is 7.44. The minimum Gasteiger partial charge on any atom is -0.496 e. The van der Waals surface area contributed by atoms with Gasteiger partial charge in [-0.1, -0.05) is 25.1 Å². The first kappa shape index (κ1) is 27.5. The van der Waals surface area contributed by atoms with Gasteiger partial charge in [0.2, 0.25) is 0 Å². The van der Waals surface area contributed by atoms with Gasteiger partial charge in [-0.25, -0.2) is 0 Å². The summed E-state index contributed by atoms with van der Waals surface area (Å²) < 4.78 is 43.6. The first-order valence-corrected chi connectivity index (χ1v) is 15.5. The topological polar surface area (TPSA) is 78.9 Å². The van der Waals surface area contributed by atoms with Crippen LogP contribution < -0.4 is 13.7 Å². The number of hydrogen-bond donors (Lipinski definition) is 0. The molecule has 3 aliphatic carbocycles. The first-order chi connectivity index (χ1) is 18.8. The molecule has 0 heterocycles. The zero-order valence-corrected chi connectivity index (χ0v) is 23.9. The molecule has 208 valence electrons. The predicted molar refractivity (Wildman–Crippen MR) is 152 cm³/mol. The maximum atomic E-state index is 13.3. The molecular formula is C32H38O6S. The number of allylic oxidation sites excluding steroid dienone is 3. The van der Waals surface area contributed by atoms with Crippen molar-refractivity contribution in [1.82, 2.24) is 0 Å². The van der Waals surface area contributed by atoms with Crippen LogP contribution in [0, 0.1) is 5.92 Å². The average Bonchev–Trinajstić information content (AvgIpc) is 3.11. The highest BCUT2D eigenvalue weighted by Crippen LogP contribution is 2.45. The lowest BCUT2D eigenvalue weighted by atomic mass is 9.78. The summed E-state index contributed by atoms with van der Waals surface area (Å²) in [5.41, 5.74) is 5.11. The van der Waals surface area contributed by atoms with Crippen molar-refractivity contribution >= 4 is 15.9 Å². The monoisotopic (exact) mass is 550 g/mol. The van der Waals surface area contributed by atoms with E-state index in [4.69, 9.17) is 13.7 Å². The number of hydrogen-bond acceptors (Lipinski definition) is 6. The summed E-state index contributed by atoms with van der Waals surface area (Å²) in [6.45, 7) is 2.01. The van der Waals surface area contributed by atoms with Crippen molar-refractivity contribution < 1.29 is 26.9 Å². The van der Waals surface area contributed by atoms with Crippen LogP contribution in [0.1, 0.15) is 90.4 Å². The Morgan fingerprint density at radius 2 is 1.79 bits per heavy atom. The summed E-state index contributed by atoms with van der Waals surface area (Å²) in [7, 11) is -0.807. The van der Waals surface area contributed by atoms with Crippen LogP contribution in [0.4, 0.5) is 0 Å². The maximum Gasteiger partial charge on any atom is 0.339 e. The fraction of sp³-hybridized carbons (Fsp3) is 0.469. The van der Waals surface area contributed by atoms with E-state index in [2.05, 4.69) is 12.1 Å². The minimum atomic E-state index is -3.98. The molecular weight excluding hydrogens is 512 g/mol. The van der Waals surface area contributed by atoms with E-state index in [0.717, 1.165) is 62.5 Å². The molecule has 5 rings (SSSR count). The molecule has 2 bridgehead atoms. The Hall–Kier alpha value is -3.06. The smallest absolute Gasteiger partial charge is 0.339 e. The first-order valence-electron chi connectivity index (χ1n) is 14.1. The zero-order chi connectivity index (χ0) is 27.6. The van der Waals surface area contributed by atoms with Gasteiger partial charge in [0.1, 0.15) is 10.7 Å². The van der Waals surface area contributed by atoms with Crippen LogP contribution in [0.15, 0.2) is 47.4 Å². The van der Waals surface area contributed by atoms with Gasteiger partial charge >= 0.3 is 10.1 Å². The number of methoxy groups -OCH3 is 2. The number of carbonyl (C=O) groups is 1. The van der Waals surface area contributed by atoms with Gasteiger partial charge in [-0.15, -0.1) is 0 Å². The van der Waals surface area contributed by atoms with E-state index in [9.17, 15) is 13.2 Å². The maximum absolute atomic E-state index is 13.3. The molecule has 0 aliphatic heterocycles. The molecule has 0 fully saturated rings. The Kier molecular flexibility index (Phi) is 8.17. The molecule has 0 radical (unpaired) electrons. The van der Waals surface area contributed by atoms with Crippen LogP contribution in [0.3, 0.4) is 0 Å². The average molecular weight is 551 g/mol. The minimum absolute atomic E-state index is 0.112. The molecule has 2 unspecified atom stereocenters. The number of rotatable bonds is 8. The second-order valence-electron chi connectivity index (χ2n) is 10.9. The van der Waals surface area contributed by atoms with E-state index in [1.165, 1.54) is 11.1 Å². The largest absolute Gasteiger partial charge is 0.496 e. The lowest BCUT2D eigenvalue weighted by Gasteiger charge is -2.28. The van der Waals surface area contributed by atoms with Crippen molar-refractivity contribution in [3.05, 3.63) is 75.2 Å². The van der Waals surface area contributed by atoms with E-state index in [0.29, 0.717) is 41.6 Å². The van der Waals surface area contributed by atoms with Gasteiger partial charge in [-0.2, -0.15) is 8.42 Å². The second kappa shape index (κ2) is 11.6. The normalized spacial score (nSPS) is 20.4. The standard InChI is InChI=1S/C32H38O6S/c1-4-8-29(33)28-20-27-23(19-31(28)37-3)13-11-21-12-15-26-22(18-24(27)17-21)14-16-30(36-2)32(26)38-39(34,35)25-9-6-5-7-10-25/h6,9-10,14,16,19-21,24H,4-5,7-8,11-13,15,17-18H2,1-3H3. The Morgan fingerprint density at radius 3 is 2.51 bits per heavy atom. The Bertz CT molecular complexity index is 1420. The number of fused-ring (bicyclic) bond motifs is 5. The van der Waals surface area contributed by atoms with Crippen molar-refractivity contribution in [2.75, 3.05) is 14.2 Å². The van der Waals surface area contributed by atoms with E-state index in [1.807, 2.05) is 25.1 Å². The zero-order valence-electron chi connectivity index (χ0n) is 23.1. The third kappa shape index (κ3) is 5.65. The molecule has 0 aromatic heterocycles. The summed E-state index contributed by atoms with van der Waals surface area (Å²) in [5, 5.41) is 0. The summed E-state index contributed by atoms with van der Waals surface area (Å²) in [6.07, 6.45) is 13.4. The Balaban J connectivity index is 1.57. The lowest BCUT2D eigenvalue weighted by Crippen LogP contribution is -2.18. The molecule has 2 aromatic rings. The molecule has 0 amide bonds. The third-order valence-corrected chi connectivity index (χ3v) is 9.64. The molecule has 2 atom stereocenters. The van der Waals surface area contributed by atoms with Gasteiger partial charge in [0, 0.05) is 12.0 Å². The predicted octanol–water partition coefficient (Wildman–Crippen LogP) is 6.85. The SMILES string of the molecule is CCCC(=O)c1cc2c(cc1OC)CCC1CCc3c(ccc(OC)c3OS(=O)(=O)C3=CCCC=C3)CC2C1. The Labute approximate surface area is 232 Å². The van der Waals surface area contributed by atoms with Crippen molar-refractivity contribution in [3.63, 3.8) is 0 Å². The molecule has 2 aromatic carbocycles. The molecule has 7 heteroatoms. The number of ketones is 1. The van der Waals surface area contributed by atoms with E-state index in [1.54, 1.807) is 26.4 Å². The highest BCUT2D eigenvalue weighted by molar-refractivity contribution is 7.91. The quantitative estimate of drug-likeness (QED) is 0.264. The van der Waals surface area contributed by atoms with E-state index >= 15 is 0 Å². The third-order valence-electron chi connectivity index (χ3n) is 8.37. The molecule has 3 aliphatic rings. The molecule has 0 N–H and O–H groups in total. The summed E-state index contributed by atoms with van der Waals surface area (Å²) in [5.74, 6) is 2.21. The summed E-state index contributed by atoms with van der Waals surface area (Å²) in [4.78, 5) is 13.2. The summed E-state index contributed by atoms with van der Waals surface area (Å²) >= 11 is 0. The fourth-order valence-electron chi connectivity index (χ4n) is 6.36. The van der Waals surface area contributed by atoms with Crippen LogP contribution in [0.5, 0.6) is 17.2 Å². The molecule has 6 nitrogen and oxygen atoms in total. The van der Waals surface area contributed by atoms with Gasteiger partial charge < -0.3 is 13.7 Å². The second-order valence-corrected chi connectivity index (χ2v) is 12.4. The number of benzene rings is 2. The van der Waals surface area contributed by atoms with Crippen molar-refractivity contribution in [3.8, 4) is 17.2 Å². The number of aryl methyl sites for hydroxylation is 1. The molecule has 0 saturated heterocycles. The van der Waals surface area contributed by atoms with Crippen LogP contribution in [0.25, 0.3) is 0 Å². The van der Waals surface area contributed by atoms with Gasteiger partial charge in [0.15, 0.2) is 17.3 Å². The van der Waals surface area contributed by atoms with E-state index < -0.39 is 10.1 Å². The number of carbonyl (C=O) groups excluding carboxylic acids is 1. The number of Topliss-reactive ketones (excluding diaryl/α,β-unsaturated/α-hetero) is 1. The van der Waals surface area contributed by atoms with Crippen LogP contribution in [0.2, 0.25) is 0 Å². The molecule has 0 saturated carbocycles. The van der Waals surface area contributed by atoms with Crippen molar-refractivity contribution in [2.24, 2.45) is 5.92 Å². The highest BCUT2D eigenvalue weighted by atomic mass is 32.2. The van der Waals surface area contributed by atoms with Gasteiger partial charge in [0.05, 0.1) is 19.8 Å². The lowest BCUT2D eigenvalue weighted by molar-refractivity contribution is 0.0978. The van der Waals surface area contributed by atoms with E-state index in [-0.39, 0.29) is 16.6 Å². The van der Waals surface area contributed by atoms with Gasteiger partial charge in [0.25, 0.3) is 0 Å². The number of ether oxygens (including phenoxy) is 2. The van der Waals surface area contributed by atoms with Crippen LogP contribution in [-0.2, 0) is 29.4 Å². The highest BCUT2D eigenvalue weighted by Gasteiger charge is 2.32. The summed E-state index contributed by atoms with van der Waals surface area (Å²) in [6, 6.07) is 8.02. The van der Waals surface area contributed by atoms with Gasteiger partial charge in [-0.05, 0) is 111 Å². The van der Waals surface area contributed by atoms with Gasteiger partial charge in [-0.3, -0.25) is 4.79 Å². The van der Waals surface area contributed by atoms with Crippen LogP contribution in [-0.4, -0.2) is 28.4 Å². The molecule has 39 heavy (non-hydrogen) atoms. The van der Waals surface area contributed by atoms with Crippen molar-refractivity contribution in [1.29, 1.82) is 0 Å². The Morgan fingerprint density at radius 1 is 1.00 bits per heavy atom. The van der Waals surface area contributed by atoms with Crippen molar-refractivity contribution in [2.45, 2.75) is 77.0 Å².